The molecule has 0 spiro atoms. The molecule has 18 heavy (non-hydrogen) atoms. The average molecular weight is 330 g/mol. The number of nitrogens with zero attached hydrogens (tertiary/aromatic N) is 1. The van der Waals surface area contributed by atoms with Crippen molar-refractivity contribution in [1.29, 1.82) is 0 Å². The highest BCUT2D eigenvalue weighted by Gasteiger charge is 2.03. The van der Waals surface area contributed by atoms with Gasteiger partial charge in [0, 0.05) is 17.2 Å². The highest BCUT2D eigenvalue weighted by atomic mass is 79.9. The van der Waals surface area contributed by atoms with E-state index in [1.807, 2.05) is 12.1 Å². The lowest BCUT2D eigenvalue weighted by Gasteiger charge is -2.09. The van der Waals surface area contributed by atoms with Crippen LogP contribution in [0.4, 0.5) is 10.1 Å². The third-order valence-electron chi connectivity index (χ3n) is 2.52. The molecule has 0 saturated carbocycles. The van der Waals surface area contributed by atoms with Crippen molar-refractivity contribution >= 4 is 33.2 Å². The lowest BCUT2D eigenvalue weighted by atomic mass is 10.1. The molecule has 2 rings (SSSR count). The van der Waals surface area contributed by atoms with E-state index in [9.17, 15) is 4.39 Å². The minimum Gasteiger partial charge on any atom is -0.378 e. The zero-order chi connectivity index (χ0) is 13.1. The molecule has 1 N–H and O–H groups in total. The number of pyridine rings is 1. The Hall–Kier alpha value is -1.13. The van der Waals surface area contributed by atoms with Gasteiger partial charge in [0.1, 0.15) is 5.82 Å². The van der Waals surface area contributed by atoms with Crippen LogP contribution >= 0.6 is 27.5 Å². The maximum atomic E-state index is 13.4. The van der Waals surface area contributed by atoms with Crippen LogP contribution in [0.3, 0.4) is 0 Å². The van der Waals surface area contributed by atoms with Crippen LogP contribution in [0, 0.1) is 12.7 Å². The highest BCUT2D eigenvalue weighted by molar-refractivity contribution is 9.10. The number of hydrogen-bond donors (Lipinski definition) is 1. The molecule has 0 atom stereocenters. The van der Waals surface area contributed by atoms with Gasteiger partial charge >= 0.3 is 0 Å². The molecule has 1 heterocycles. The molecule has 0 aliphatic heterocycles. The number of anilines is 1. The summed E-state index contributed by atoms with van der Waals surface area (Å²) < 4.78 is 14.2. The van der Waals surface area contributed by atoms with Crippen molar-refractivity contribution in [3.05, 3.63) is 57.0 Å². The smallest absolute Gasteiger partial charge is 0.152 e. The quantitative estimate of drug-likeness (QED) is 0.835. The second-order valence-electron chi connectivity index (χ2n) is 3.93. The lowest BCUT2D eigenvalue weighted by molar-refractivity contribution is 0.616. The van der Waals surface area contributed by atoms with Gasteiger partial charge in [-0.05, 0) is 46.1 Å². The molecular weight excluding hydrogens is 319 g/mol. The molecule has 0 radical (unpaired) electrons. The number of aryl methyl sites for hydroxylation is 1. The molecule has 1 aromatic heterocycles. The zero-order valence-electron chi connectivity index (χ0n) is 9.67. The topological polar surface area (TPSA) is 24.9 Å². The number of rotatable bonds is 3. The average Bonchev–Trinajstić information content (AvgIpc) is 2.34. The maximum Gasteiger partial charge on any atom is 0.152 e. The van der Waals surface area contributed by atoms with Crippen molar-refractivity contribution in [2.24, 2.45) is 0 Å². The maximum absolute atomic E-state index is 13.4. The summed E-state index contributed by atoms with van der Waals surface area (Å²) in [6, 6.07) is 6.99. The summed E-state index contributed by atoms with van der Waals surface area (Å²) in [6.07, 6.45) is 1.62. The van der Waals surface area contributed by atoms with Crippen LogP contribution in [0.2, 0.25) is 5.15 Å². The molecule has 1 aromatic carbocycles. The van der Waals surface area contributed by atoms with E-state index in [0.29, 0.717) is 22.9 Å². The summed E-state index contributed by atoms with van der Waals surface area (Å²) in [5.74, 6) is -0.201. The van der Waals surface area contributed by atoms with Crippen LogP contribution in [-0.2, 0) is 6.54 Å². The first-order chi connectivity index (χ1) is 8.56. The normalized spacial score (nSPS) is 10.4. The van der Waals surface area contributed by atoms with E-state index in [1.165, 1.54) is 6.07 Å². The van der Waals surface area contributed by atoms with Crippen molar-refractivity contribution in [1.82, 2.24) is 4.98 Å². The Morgan fingerprint density at radius 2 is 2.17 bits per heavy atom. The molecule has 0 saturated heterocycles. The van der Waals surface area contributed by atoms with Gasteiger partial charge in [-0.15, -0.1) is 0 Å². The fourth-order valence-corrected chi connectivity index (χ4v) is 1.99. The van der Waals surface area contributed by atoms with E-state index in [0.717, 1.165) is 10.0 Å². The van der Waals surface area contributed by atoms with Gasteiger partial charge in [-0.25, -0.2) is 9.37 Å². The largest absolute Gasteiger partial charge is 0.378 e. The van der Waals surface area contributed by atoms with Gasteiger partial charge in [0.15, 0.2) is 5.15 Å². The van der Waals surface area contributed by atoms with Crippen molar-refractivity contribution in [2.75, 3.05) is 5.32 Å². The first-order valence-electron chi connectivity index (χ1n) is 5.36. The Morgan fingerprint density at radius 3 is 2.89 bits per heavy atom. The second kappa shape index (κ2) is 5.67. The molecule has 0 bridgehead atoms. The van der Waals surface area contributed by atoms with Gasteiger partial charge in [-0.3, -0.25) is 0 Å². The molecular formula is C13H11BrClFN2. The van der Waals surface area contributed by atoms with Gasteiger partial charge in [0.05, 0.1) is 5.69 Å². The monoisotopic (exact) mass is 328 g/mol. The minimum absolute atomic E-state index is 0.201. The predicted octanol–water partition coefficient (Wildman–Crippen LogP) is 4.56. The van der Waals surface area contributed by atoms with E-state index in [4.69, 9.17) is 11.6 Å². The van der Waals surface area contributed by atoms with Gasteiger partial charge < -0.3 is 5.32 Å². The molecule has 5 heteroatoms. The fraction of sp³-hybridized carbons (Fsp3) is 0.154. The fourth-order valence-electron chi connectivity index (χ4n) is 1.49. The predicted molar refractivity (Wildman–Crippen MR) is 75.4 cm³/mol. The van der Waals surface area contributed by atoms with Crippen molar-refractivity contribution < 1.29 is 4.39 Å². The summed E-state index contributed by atoms with van der Waals surface area (Å²) >= 11 is 9.27. The highest BCUT2D eigenvalue weighted by Crippen LogP contribution is 2.23. The Labute approximate surface area is 118 Å². The lowest BCUT2D eigenvalue weighted by Crippen LogP contribution is -2.01. The van der Waals surface area contributed by atoms with Crippen LogP contribution in [0.25, 0.3) is 0 Å². The van der Waals surface area contributed by atoms with Crippen molar-refractivity contribution in [3.8, 4) is 0 Å². The number of hydrogen-bond acceptors (Lipinski definition) is 2. The summed E-state index contributed by atoms with van der Waals surface area (Å²) in [6.45, 7) is 2.23. The second-order valence-corrected chi connectivity index (χ2v) is 5.20. The van der Waals surface area contributed by atoms with E-state index < -0.39 is 0 Å². The molecule has 2 nitrogen and oxygen atoms in total. The molecule has 0 aliphatic rings. The molecule has 2 aromatic rings. The SMILES string of the molecule is Cc1ccc(CNc2cc(Br)cnc2Cl)cc1F. The van der Waals surface area contributed by atoms with E-state index in [1.54, 1.807) is 19.2 Å². The molecule has 0 aliphatic carbocycles. The van der Waals surface area contributed by atoms with E-state index in [2.05, 4.69) is 26.2 Å². The van der Waals surface area contributed by atoms with Crippen LogP contribution in [0.15, 0.2) is 34.9 Å². The third kappa shape index (κ3) is 3.21. The minimum atomic E-state index is -0.201. The first kappa shape index (κ1) is 13.3. The molecule has 0 unspecified atom stereocenters. The standard InChI is InChI=1S/C13H11BrClFN2/c1-8-2-3-9(4-11(8)16)6-17-12-5-10(14)7-18-13(12)15/h2-5,7,17H,6H2,1H3. The van der Waals surface area contributed by atoms with Gasteiger partial charge in [0.25, 0.3) is 0 Å². The zero-order valence-corrected chi connectivity index (χ0v) is 12.0. The summed E-state index contributed by atoms with van der Waals surface area (Å²) in [4.78, 5) is 4.00. The van der Waals surface area contributed by atoms with Crippen LogP contribution in [-0.4, -0.2) is 4.98 Å². The Morgan fingerprint density at radius 1 is 1.39 bits per heavy atom. The Bertz CT molecular complexity index is 575. The van der Waals surface area contributed by atoms with E-state index >= 15 is 0 Å². The number of halogens is 3. The van der Waals surface area contributed by atoms with Gasteiger partial charge in [-0.2, -0.15) is 0 Å². The Balaban J connectivity index is 2.11. The number of benzene rings is 1. The third-order valence-corrected chi connectivity index (χ3v) is 3.26. The van der Waals surface area contributed by atoms with E-state index in [-0.39, 0.29) is 5.82 Å². The summed E-state index contributed by atoms with van der Waals surface area (Å²) in [7, 11) is 0. The van der Waals surface area contributed by atoms with Crippen molar-refractivity contribution in [2.45, 2.75) is 13.5 Å². The van der Waals surface area contributed by atoms with Crippen molar-refractivity contribution in [3.63, 3.8) is 0 Å². The summed E-state index contributed by atoms with van der Waals surface area (Å²) in [5, 5.41) is 3.52. The van der Waals surface area contributed by atoms with Crippen LogP contribution in [0.5, 0.6) is 0 Å². The Kier molecular flexibility index (Phi) is 4.19. The first-order valence-corrected chi connectivity index (χ1v) is 6.53. The molecule has 94 valence electrons. The van der Waals surface area contributed by atoms with Gasteiger partial charge in [0.2, 0.25) is 0 Å². The molecule has 0 amide bonds. The van der Waals surface area contributed by atoms with Crippen LogP contribution in [0.1, 0.15) is 11.1 Å². The van der Waals surface area contributed by atoms with Gasteiger partial charge in [-0.1, -0.05) is 23.7 Å². The number of aromatic nitrogens is 1. The molecule has 0 fully saturated rings. The summed E-state index contributed by atoms with van der Waals surface area (Å²) in [5.41, 5.74) is 2.21. The number of nitrogens with one attached hydrogen (secondary N) is 1. The van der Waals surface area contributed by atoms with Crippen LogP contribution < -0.4 is 5.32 Å².